The minimum Gasteiger partial charge on any atom is -0.356 e. The Morgan fingerprint density at radius 1 is 1.08 bits per heavy atom. The van der Waals surface area contributed by atoms with Gasteiger partial charge in [-0.15, -0.1) is 24.0 Å². The Hall–Kier alpha value is -0.0500. The summed E-state index contributed by atoms with van der Waals surface area (Å²) in [6.45, 7) is 0.706. The van der Waals surface area contributed by atoms with Gasteiger partial charge < -0.3 is 10.6 Å². The SMILES string of the molecule is CN=C(NCC1CCS(=O)(=O)C1)NC1CCC2CCCCC2C1.I. The van der Waals surface area contributed by atoms with Crippen LogP contribution in [0.5, 0.6) is 0 Å². The minimum atomic E-state index is -2.79. The minimum absolute atomic E-state index is 0. The van der Waals surface area contributed by atoms with Gasteiger partial charge >= 0.3 is 0 Å². The zero-order valence-corrected chi connectivity index (χ0v) is 17.8. The Kier molecular flexibility index (Phi) is 7.64. The van der Waals surface area contributed by atoms with E-state index in [9.17, 15) is 8.42 Å². The highest BCUT2D eigenvalue weighted by molar-refractivity contribution is 14.0. The van der Waals surface area contributed by atoms with Gasteiger partial charge in [0.15, 0.2) is 15.8 Å². The molecule has 2 saturated carbocycles. The van der Waals surface area contributed by atoms with Crippen LogP contribution in [0.4, 0.5) is 0 Å². The third kappa shape index (κ3) is 5.47. The molecule has 3 rings (SSSR count). The number of fused-ring (bicyclic) bond motifs is 1. The van der Waals surface area contributed by atoms with Crippen LogP contribution in [-0.4, -0.2) is 45.5 Å². The van der Waals surface area contributed by atoms with E-state index in [1.807, 2.05) is 0 Å². The molecule has 1 saturated heterocycles. The average Bonchev–Trinajstić information content (AvgIpc) is 2.90. The second-order valence-electron chi connectivity index (χ2n) is 7.68. The van der Waals surface area contributed by atoms with E-state index in [0.717, 1.165) is 24.2 Å². The van der Waals surface area contributed by atoms with Gasteiger partial charge in [0.25, 0.3) is 0 Å². The Morgan fingerprint density at radius 3 is 2.50 bits per heavy atom. The number of aliphatic imine (C=N–C) groups is 1. The predicted octanol–water partition coefficient (Wildman–Crippen LogP) is 2.56. The summed E-state index contributed by atoms with van der Waals surface area (Å²) in [5.41, 5.74) is 0. The van der Waals surface area contributed by atoms with E-state index in [1.165, 1.54) is 44.9 Å². The van der Waals surface area contributed by atoms with Gasteiger partial charge in [-0.3, -0.25) is 4.99 Å². The highest BCUT2D eigenvalue weighted by Crippen LogP contribution is 2.40. The monoisotopic (exact) mass is 469 g/mol. The average molecular weight is 469 g/mol. The van der Waals surface area contributed by atoms with Gasteiger partial charge in [0.1, 0.15) is 0 Å². The standard InChI is InChI=1S/C17H31N3O2S.HI/c1-18-17(19-11-13-8-9-23(21,22)12-13)20-16-7-6-14-4-2-3-5-15(14)10-16;/h13-16H,2-12H2,1H3,(H2,18,19,20);1H. The van der Waals surface area contributed by atoms with Crippen molar-refractivity contribution in [3.8, 4) is 0 Å². The molecule has 24 heavy (non-hydrogen) atoms. The van der Waals surface area contributed by atoms with Crippen molar-refractivity contribution >= 4 is 39.8 Å². The lowest BCUT2D eigenvalue weighted by Crippen LogP contribution is -2.47. The second-order valence-corrected chi connectivity index (χ2v) is 9.91. The first-order valence-electron chi connectivity index (χ1n) is 9.23. The highest BCUT2D eigenvalue weighted by Gasteiger charge is 2.32. The summed E-state index contributed by atoms with van der Waals surface area (Å²) < 4.78 is 23.1. The Balaban J connectivity index is 0.00000208. The molecule has 5 nitrogen and oxygen atoms in total. The number of hydrogen-bond acceptors (Lipinski definition) is 3. The van der Waals surface area contributed by atoms with Crippen molar-refractivity contribution in [1.82, 2.24) is 10.6 Å². The van der Waals surface area contributed by atoms with Gasteiger partial charge in [0, 0.05) is 19.6 Å². The molecule has 3 fully saturated rings. The number of halogens is 1. The maximum Gasteiger partial charge on any atom is 0.191 e. The molecule has 2 aliphatic carbocycles. The summed E-state index contributed by atoms with van der Waals surface area (Å²) in [6.07, 6.45) is 10.3. The van der Waals surface area contributed by atoms with E-state index in [2.05, 4.69) is 15.6 Å². The first-order chi connectivity index (χ1) is 11.1. The predicted molar refractivity (Wildman–Crippen MR) is 110 cm³/mol. The van der Waals surface area contributed by atoms with E-state index in [1.54, 1.807) is 7.05 Å². The lowest BCUT2D eigenvalue weighted by atomic mass is 9.69. The van der Waals surface area contributed by atoms with Crippen LogP contribution >= 0.6 is 24.0 Å². The second kappa shape index (κ2) is 9.05. The van der Waals surface area contributed by atoms with Crippen LogP contribution in [0.3, 0.4) is 0 Å². The van der Waals surface area contributed by atoms with Crippen molar-refractivity contribution in [3.05, 3.63) is 0 Å². The number of sulfone groups is 1. The molecule has 4 unspecified atom stereocenters. The quantitative estimate of drug-likeness (QED) is 0.379. The van der Waals surface area contributed by atoms with Crippen LogP contribution < -0.4 is 10.6 Å². The van der Waals surface area contributed by atoms with Crippen molar-refractivity contribution in [2.24, 2.45) is 22.7 Å². The Morgan fingerprint density at radius 2 is 1.83 bits per heavy atom. The van der Waals surface area contributed by atoms with E-state index in [0.29, 0.717) is 24.1 Å². The van der Waals surface area contributed by atoms with Crippen molar-refractivity contribution in [2.45, 2.75) is 57.4 Å². The van der Waals surface area contributed by atoms with Crippen molar-refractivity contribution < 1.29 is 8.42 Å². The van der Waals surface area contributed by atoms with E-state index < -0.39 is 9.84 Å². The summed E-state index contributed by atoms with van der Waals surface area (Å²) in [6, 6.07) is 0.521. The molecule has 4 atom stereocenters. The normalized spacial score (nSPS) is 35.6. The molecule has 140 valence electrons. The first kappa shape index (κ1) is 20.3. The molecule has 1 heterocycles. The fraction of sp³-hybridized carbons (Fsp3) is 0.941. The van der Waals surface area contributed by atoms with Gasteiger partial charge in [0.05, 0.1) is 11.5 Å². The smallest absolute Gasteiger partial charge is 0.191 e. The number of nitrogens with one attached hydrogen (secondary N) is 2. The van der Waals surface area contributed by atoms with Crippen molar-refractivity contribution in [1.29, 1.82) is 0 Å². The molecule has 0 aromatic carbocycles. The Bertz CT molecular complexity index is 538. The van der Waals surface area contributed by atoms with Crippen molar-refractivity contribution in [2.75, 3.05) is 25.1 Å². The number of hydrogen-bond donors (Lipinski definition) is 2. The van der Waals surface area contributed by atoms with Crippen LogP contribution in [0.1, 0.15) is 51.4 Å². The van der Waals surface area contributed by atoms with Crippen LogP contribution in [0.25, 0.3) is 0 Å². The van der Waals surface area contributed by atoms with Crippen molar-refractivity contribution in [3.63, 3.8) is 0 Å². The molecule has 0 bridgehead atoms. The zero-order chi connectivity index (χ0) is 16.3. The molecule has 1 aliphatic heterocycles. The lowest BCUT2D eigenvalue weighted by Gasteiger charge is -2.40. The van der Waals surface area contributed by atoms with Crippen LogP contribution in [0.2, 0.25) is 0 Å². The summed E-state index contributed by atoms with van der Waals surface area (Å²) in [5, 5.41) is 6.92. The van der Waals surface area contributed by atoms with Crippen LogP contribution in [0, 0.1) is 17.8 Å². The molecule has 0 radical (unpaired) electrons. The maximum atomic E-state index is 11.5. The molecule has 0 aromatic rings. The summed E-state index contributed by atoms with van der Waals surface area (Å²) in [5.74, 6) is 3.59. The fourth-order valence-electron chi connectivity index (χ4n) is 4.67. The third-order valence-electron chi connectivity index (χ3n) is 5.99. The van der Waals surface area contributed by atoms with Gasteiger partial charge in [-0.25, -0.2) is 8.42 Å². The van der Waals surface area contributed by atoms with E-state index in [4.69, 9.17) is 0 Å². The molecular weight excluding hydrogens is 437 g/mol. The zero-order valence-electron chi connectivity index (χ0n) is 14.7. The van der Waals surface area contributed by atoms with Crippen LogP contribution in [-0.2, 0) is 9.84 Å². The van der Waals surface area contributed by atoms with Gasteiger partial charge in [-0.05, 0) is 43.4 Å². The first-order valence-corrected chi connectivity index (χ1v) is 11.1. The number of nitrogens with zero attached hydrogens (tertiary/aromatic N) is 1. The van der Waals surface area contributed by atoms with Gasteiger partial charge in [0.2, 0.25) is 0 Å². The summed E-state index contributed by atoms with van der Waals surface area (Å²) in [4.78, 5) is 4.33. The van der Waals surface area contributed by atoms with Crippen LogP contribution in [0.15, 0.2) is 4.99 Å². The maximum absolute atomic E-state index is 11.5. The molecule has 0 amide bonds. The molecule has 0 spiro atoms. The lowest BCUT2D eigenvalue weighted by molar-refractivity contribution is 0.150. The summed E-state index contributed by atoms with van der Waals surface area (Å²) in [7, 11) is -0.992. The highest BCUT2D eigenvalue weighted by atomic mass is 127. The molecule has 7 heteroatoms. The third-order valence-corrected chi connectivity index (χ3v) is 7.83. The largest absolute Gasteiger partial charge is 0.356 e. The number of guanidine groups is 1. The molecule has 3 aliphatic rings. The summed E-state index contributed by atoms with van der Waals surface area (Å²) >= 11 is 0. The molecular formula is C17H32IN3O2S. The van der Waals surface area contributed by atoms with Gasteiger partial charge in [-0.2, -0.15) is 0 Å². The number of rotatable bonds is 3. The Labute approximate surface area is 163 Å². The topological polar surface area (TPSA) is 70.6 Å². The van der Waals surface area contributed by atoms with E-state index >= 15 is 0 Å². The fourth-order valence-corrected chi connectivity index (χ4v) is 6.53. The van der Waals surface area contributed by atoms with E-state index in [-0.39, 0.29) is 29.9 Å². The van der Waals surface area contributed by atoms with Gasteiger partial charge in [-0.1, -0.05) is 25.7 Å². The molecule has 2 N–H and O–H groups in total. The molecule has 0 aromatic heterocycles.